The van der Waals surface area contributed by atoms with Crippen molar-refractivity contribution in [2.75, 3.05) is 29.0 Å². The number of rotatable bonds is 3. The van der Waals surface area contributed by atoms with E-state index in [1.807, 2.05) is 49.4 Å². The van der Waals surface area contributed by atoms with Gasteiger partial charge < -0.3 is 16.0 Å². The number of nitrogens with two attached hydrogens (primary N) is 1. The van der Waals surface area contributed by atoms with Crippen LogP contribution in [0.4, 0.5) is 17.1 Å². The normalized spacial score (nSPS) is 13.1. The van der Waals surface area contributed by atoms with Crippen LogP contribution in [-0.2, 0) is 11.2 Å². The molecule has 1 amide bonds. The molecule has 0 bridgehead atoms. The monoisotopic (exact) mass is 281 g/mol. The zero-order valence-corrected chi connectivity index (χ0v) is 12.1. The summed E-state index contributed by atoms with van der Waals surface area (Å²) < 4.78 is 0. The second kappa shape index (κ2) is 5.48. The van der Waals surface area contributed by atoms with Crippen molar-refractivity contribution in [2.24, 2.45) is 0 Å². The topological polar surface area (TPSA) is 58.4 Å². The van der Waals surface area contributed by atoms with Gasteiger partial charge >= 0.3 is 0 Å². The van der Waals surface area contributed by atoms with E-state index >= 15 is 0 Å². The molecule has 0 unspecified atom stereocenters. The Morgan fingerprint density at radius 3 is 2.95 bits per heavy atom. The van der Waals surface area contributed by atoms with Gasteiger partial charge in [0.05, 0.1) is 6.54 Å². The summed E-state index contributed by atoms with van der Waals surface area (Å²) in [6.07, 6.45) is 0.943. The molecular weight excluding hydrogens is 262 g/mol. The molecule has 0 saturated carbocycles. The molecule has 4 heteroatoms. The Balaban J connectivity index is 1.67. The highest BCUT2D eigenvalue weighted by Crippen LogP contribution is 2.29. The first-order valence-electron chi connectivity index (χ1n) is 7.12. The fourth-order valence-electron chi connectivity index (χ4n) is 2.75. The van der Waals surface area contributed by atoms with Gasteiger partial charge in [-0.1, -0.05) is 12.1 Å². The van der Waals surface area contributed by atoms with Gasteiger partial charge in [-0.25, -0.2) is 0 Å². The SMILES string of the molecule is Cc1cccc(NC(=O)CN2CCc3cc(N)ccc32)c1. The molecule has 0 radical (unpaired) electrons. The predicted molar refractivity (Wildman–Crippen MR) is 86.6 cm³/mol. The van der Waals surface area contributed by atoms with Crippen LogP contribution in [0.25, 0.3) is 0 Å². The van der Waals surface area contributed by atoms with Crippen LogP contribution in [-0.4, -0.2) is 19.0 Å². The number of anilines is 3. The van der Waals surface area contributed by atoms with Gasteiger partial charge in [-0.15, -0.1) is 0 Å². The lowest BCUT2D eigenvalue weighted by Gasteiger charge is -2.19. The Bertz CT molecular complexity index is 681. The van der Waals surface area contributed by atoms with Gasteiger partial charge in [0.15, 0.2) is 0 Å². The third kappa shape index (κ3) is 2.99. The first kappa shape index (κ1) is 13.5. The Morgan fingerprint density at radius 2 is 2.14 bits per heavy atom. The molecule has 0 aromatic heterocycles. The molecular formula is C17H19N3O. The summed E-state index contributed by atoms with van der Waals surface area (Å²) >= 11 is 0. The number of benzene rings is 2. The first-order chi connectivity index (χ1) is 10.1. The highest BCUT2D eigenvalue weighted by molar-refractivity contribution is 5.94. The largest absolute Gasteiger partial charge is 0.399 e. The minimum atomic E-state index is 0.00488. The van der Waals surface area contributed by atoms with Crippen molar-refractivity contribution in [3.05, 3.63) is 53.6 Å². The molecule has 21 heavy (non-hydrogen) atoms. The number of carbonyl (C=O) groups excluding carboxylic acids is 1. The molecule has 0 spiro atoms. The number of hydrogen-bond donors (Lipinski definition) is 2. The molecule has 1 heterocycles. The van der Waals surface area contributed by atoms with Crippen molar-refractivity contribution in [1.82, 2.24) is 0 Å². The van der Waals surface area contributed by atoms with Gasteiger partial charge in [0.2, 0.25) is 5.91 Å². The van der Waals surface area contributed by atoms with E-state index in [2.05, 4.69) is 10.2 Å². The average Bonchev–Trinajstić information content (AvgIpc) is 2.81. The lowest BCUT2D eigenvalue weighted by molar-refractivity contribution is -0.115. The molecule has 2 aromatic carbocycles. The lowest BCUT2D eigenvalue weighted by atomic mass is 10.1. The van der Waals surface area contributed by atoms with Gasteiger partial charge in [-0.3, -0.25) is 4.79 Å². The van der Waals surface area contributed by atoms with Gasteiger partial charge in [-0.05, 0) is 54.8 Å². The second-order valence-corrected chi connectivity index (χ2v) is 5.48. The number of nitrogen functional groups attached to an aromatic ring is 1. The van der Waals surface area contributed by atoms with Gasteiger partial charge in [0.1, 0.15) is 0 Å². The number of aryl methyl sites for hydroxylation is 1. The third-order valence-corrected chi connectivity index (χ3v) is 3.73. The molecule has 0 aliphatic carbocycles. The highest BCUT2D eigenvalue weighted by atomic mass is 16.2. The van der Waals surface area contributed by atoms with E-state index in [1.165, 1.54) is 5.56 Å². The van der Waals surface area contributed by atoms with E-state index in [0.717, 1.165) is 35.6 Å². The maximum absolute atomic E-state index is 12.2. The van der Waals surface area contributed by atoms with Crippen LogP contribution in [0.1, 0.15) is 11.1 Å². The van der Waals surface area contributed by atoms with Crippen molar-refractivity contribution >= 4 is 23.0 Å². The maximum atomic E-state index is 12.2. The molecule has 3 rings (SSSR count). The summed E-state index contributed by atoms with van der Waals surface area (Å²) in [5.74, 6) is 0.00488. The zero-order chi connectivity index (χ0) is 14.8. The Kier molecular flexibility index (Phi) is 3.52. The van der Waals surface area contributed by atoms with Crippen LogP contribution < -0.4 is 16.0 Å². The highest BCUT2D eigenvalue weighted by Gasteiger charge is 2.21. The van der Waals surface area contributed by atoms with Crippen LogP contribution >= 0.6 is 0 Å². The van der Waals surface area contributed by atoms with E-state index in [9.17, 15) is 4.79 Å². The molecule has 1 aliphatic heterocycles. The summed E-state index contributed by atoms with van der Waals surface area (Å²) in [6, 6.07) is 13.7. The predicted octanol–water partition coefficient (Wildman–Crippen LogP) is 2.58. The van der Waals surface area contributed by atoms with Gasteiger partial charge in [0, 0.05) is 23.6 Å². The molecule has 2 aromatic rings. The van der Waals surface area contributed by atoms with Crippen molar-refractivity contribution in [2.45, 2.75) is 13.3 Å². The minimum Gasteiger partial charge on any atom is -0.399 e. The zero-order valence-electron chi connectivity index (χ0n) is 12.1. The van der Waals surface area contributed by atoms with Crippen LogP contribution in [0, 0.1) is 6.92 Å². The fourth-order valence-corrected chi connectivity index (χ4v) is 2.75. The molecule has 4 nitrogen and oxygen atoms in total. The molecule has 108 valence electrons. The lowest BCUT2D eigenvalue weighted by Crippen LogP contribution is -2.31. The first-order valence-corrected chi connectivity index (χ1v) is 7.12. The summed E-state index contributed by atoms with van der Waals surface area (Å²) in [5.41, 5.74) is 10.9. The van der Waals surface area contributed by atoms with E-state index < -0.39 is 0 Å². The molecule has 0 atom stereocenters. The van der Waals surface area contributed by atoms with Crippen LogP contribution in [0.15, 0.2) is 42.5 Å². The number of nitrogens with zero attached hydrogens (tertiary/aromatic N) is 1. The molecule has 0 saturated heterocycles. The summed E-state index contributed by atoms with van der Waals surface area (Å²) in [7, 11) is 0. The number of fused-ring (bicyclic) bond motifs is 1. The van der Waals surface area contributed by atoms with E-state index in [-0.39, 0.29) is 5.91 Å². The van der Waals surface area contributed by atoms with Crippen LogP contribution in [0.5, 0.6) is 0 Å². The number of nitrogens with one attached hydrogen (secondary N) is 1. The van der Waals surface area contributed by atoms with Gasteiger partial charge in [0.25, 0.3) is 0 Å². The van der Waals surface area contributed by atoms with E-state index in [1.54, 1.807) is 0 Å². The third-order valence-electron chi connectivity index (χ3n) is 3.73. The Morgan fingerprint density at radius 1 is 1.29 bits per heavy atom. The van der Waals surface area contributed by atoms with Crippen molar-refractivity contribution in [3.63, 3.8) is 0 Å². The Labute approximate surface area is 124 Å². The number of carbonyl (C=O) groups is 1. The summed E-state index contributed by atoms with van der Waals surface area (Å²) in [6.45, 7) is 3.24. The molecule has 1 aliphatic rings. The minimum absolute atomic E-state index is 0.00488. The van der Waals surface area contributed by atoms with Gasteiger partial charge in [-0.2, -0.15) is 0 Å². The maximum Gasteiger partial charge on any atom is 0.243 e. The molecule has 3 N–H and O–H groups in total. The summed E-state index contributed by atoms with van der Waals surface area (Å²) in [4.78, 5) is 14.3. The average molecular weight is 281 g/mol. The smallest absolute Gasteiger partial charge is 0.243 e. The second-order valence-electron chi connectivity index (χ2n) is 5.48. The standard InChI is InChI=1S/C17H19N3O/c1-12-3-2-4-15(9-12)19-17(21)11-20-8-7-13-10-14(18)5-6-16(13)20/h2-6,9-10H,7-8,11,18H2,1H3,(H,19,21). The van der Waals surface area contributed by atoms with Crippen molar-refractivity contribution < 1.29 is 4.79 Å². The van der Waals surface area contributed by atoms with Crippen molar-refractivity contribution in [3.8, 4) is 0 Å². The Hall–Kier alpha value is -2.49. The van der Waals surface area contributed by atoms with E-state index in [4.69, 9.17) is 5.73 Å². The van der Waals surface area contributed by atoms with Crippen LogP contribution in [0.2, 0.25) is 0 Å². The number of hydrogen-bond acceptors (Lipinski definition) is 3. The van der Waals surface area contributed by atoms with Crippen LogP contribution in [0.3, 0.4) is 0 Å². The quantitative estimate of drug-likeness (QED) is 0.850. The fraction of sp³-hybridized carbons (Fsp3) is 0.235. The molecule has 0 fully saturated rings. The van der Waals surface area contributed by atoms with Crippen molar-refractivity contribution in [1.29, 1.82) is 0 Å². The number of amides is 1. The summed E-state index contributed by atoms with van der Waals surface area (Å²) in [5, 5.41) is 2.95. The van der Waals surface area contributed by atoms with E-state index in [0.29, 0.717) is 6.54 Å².